The lowest BCUT2D eigenvalue weighted by atomic mass is 9.97. The number of nitrogens with zero attached hydrogens (tertiary/aromatic N) is 4. The molecular formula is C22H20N4O2S2. The molecule has 0 unspecified atom stereocenters. The zero-order chi connectivity index (χ0) is 20.8. The number of carbonyl (C=O) groups excluding carboxylic acids is 1. The smallest absolute Gasteiger partial charge is 0.268 e. The molecule has 4 aromatic rings. The Hall–Kier alpha value is -2.71. The van der Waals surface area contributed by atoms with Crippen molar-refractivity contribution in [3.63, 3.8) is 0 Å². The van der Waals surface area contributed by atoms with Crippen molar-refractivity contribution in [3.8, 4) is 0 Å². The molecule has 0 atom stereocenters. The lowest BCUT2D eigenvalue weighted by Crippen LogP contribution is -2.30. The standard InChI is InChI=1S/C22H20N4O2S2/c1-13(2)12-29-22-24-23-21-25(18(27)14-8-4-3-5-9-14)19(28)17-15-10-6-7-11-16(15)30-20(17)26(21)22/h3-5,8-9H,1,6-7,10-12H2,2H3. The van der Waals surface area contributed by atoms with E-state index in [1.807, 2.05) is 17.4 Å². The highest BCUT2D eigenvalue weighted by Crippen LogP contribution is 2.36. The molecule has 5 rings (SSSR count). The van der Waals surface area contributed by atoms with Crippen LogP contribution in [-0.4, -0.2) is 30.8 Å². The third-order valence-electron chi connectivity index (χ3n) is 5.26. The van der Waals surface area contributed by atoms with Gasteiger partial charge >= 0.3 is 0 Å². The average Bonchev–Trinajstić information content (AvgIpc) is 3.34. The van der Waals surface area contributed by atoms with E-state index < -0.39 is 0 Å². The molecule has 0 spiro atoms. The van der Waals surface area contributed by atoms with Crippen molar-refractivity contribution < 1.29 is 4.79 Å². The zero-order valence-electron chi connectivity index (χ0n) is 16.6. The molecule has 0 radical (unpaired) electrons. The predicted octanol–water partition coefficient (Wildman–Crippen LogP) is 4.34. The fourth-order valence-electron chi connectivity index (χ4n) is 3.89. The van der Waals surface area contributed by atoms with Crippen molar-refractivity contribution in [1.29, 1.82) is 0 Å². The zero-order valence-corrected chi connectivity index (χ0v) is 18.2. The summed E-state index contributed by atoms with van der Waals surface area (Å²) in [6.07, 6.45) is 4.02. The summed E-state index contributed by atoms with van der Waals surface area (Å²) in [7, 11) is 0. The minimum Gasteiger partial charge on any atom is -0.268 e. The largest absolute Gasteiger partial charge is 0.271 e. The van der Waals surface area contributed by atoms with Crippen molar-refractivity contribution in [2.75, 3.05) is 5.75 Å². The number of hydrogen-bond donors (Lipinski definition) is 0. The molecule has 0 saturated carbocycles. The van der Waals surface area contributed by atoms with E-state index in [-0.39, 0.29) is 17.2 Å². The summed E-state index contributed by atoms with van der Waals surface area (Å²) in [5, 5.41) is 9.92. The van der Waals surface area contributed by atoms with Gasteiger partial charge in [0.25, 0.3) is 11.5 Å². The second kappa shape index (κ2) is 7.52. The van der Waals surface area contributed by atoms with E-state index in [4.69, 9.17) is 0 Å². The maximum absolute atomic E-state index is 13.6. The van der Waals surface area contributed by atoms with E-state index in [1.165, 1.54) is 21.2 Å². The molecule has 3 aromatic heterocycles. The molecule has 0 N–H and O–H groups in total. The minimum absolute atomic E-state index is 0.268. The molecular weight excluding hydrogens is 416 g/mol. The lowest BCUT2D eigenvalue weighted by Gasteiger charge is -2.11. The molecule has 0 saturated heterocycles. The Morgan fingerprint density at radius 1 is 1.20 bits per heavy atom. The number of fused-ring (bicyclic) bond motifs is 5. The Morgan fingerprint density at radius 2 is 1.97 bits per heavy atom. The Bertz CT molecular complexity index is 1370. The number of thioether (sulfide) groups is 1. The van der Waals surface area contributed by atoms with Gasteiger partial charge in [0.1, 0.15) is 4.83 Å². The second-order valence-corrected chi connectivity index (χ2v) is 9.59. The Kier molecular flexibility index (Phi) is 4.83. The van der Waals surface area contributed by atoms with Gasteiger partial charge in [-0.2, -0.15) is 0 Å². The molecule has 1 aliphatic rings. The summed E-state index contributed by atoms with van der Waals surface area (Å²) in [6.45, 7) is 5.93. The van der Waals surface area contributed by atoms with E-state index in [2.05, 4.69) is 16.8 Å². The number of benzene rings is 1. The van der Waals surface area contributed by atoms with Gasteiger partial charge in [0.15, 0.2) is 5.16 Å². The fourth-order valence-corrected chi connectivity index (χ4v) is 6.10. The number of carbonyl (C=O) groups is 1. The molecule has 6 nitrogen and oxygen atoms in total. The number of aromatic nitrogens is 4. The van der Waals surface area contributed by atoms with E-state index in [0.29, 0.717) is 21.9 Å². The van der Waals surface area contributed by atoms with Crippen molar-refractivity contribution in [2.24, 2.45) is 0 Å². The second-order valence-electron chi connectivity index (χ2n) is 7.57. The van der Waals surface area contributed by atoms with Crippen LogP contribution in [0.4, 0.5) is 0 Å². The average molecular weight is 437 g/mol. The van der Waals surface area contributed by atoms with Gasteiger partial charge in [-0.1, -0.05) is 42.1 Å². The summed E-state index contributed by atoms with van der Waals surface area (Å²) in [4.78, 5) is 29.0. The van der Waals surface area contributed by atoms with Crippen molar-refractivity contribution in [3.05, 3.63) is 68.8 Å². The maximum Gasteiger partial charge on any atom is 0.271 e. The summed E-state index contributed by atoms with van der Waals surface area (Å²) >= 11 is 3.15. The molecule has 0 aliphatic heterocycles. The third kappa shape index (κ3) is 3.02. The van der Waals surface area contributed by atoms with E-state index >= 15 is 0 Å². The first kappa shape index (κ1) is 19.3. The monoisotopic (exact) mass is 436 g/mol. The van der Waals surface area contributed by atoms with Gasteiger partial charge < -0.3 is 0 Å². The Labute approximate surface area is 181 Å². The summed E-state index contributed by atoms with van der Waals surface area (Å²) in [5.41, 5.74) is 2.26. The normalized spacial score (nSPS) is 13.6. The number of aryl methyl sites for hydroxylation is 2. The van der Waals surface area contributed by atoms with Gasteiger partial charge in [0.2, 0.25) is 5.78 Å². The quantitative estimate of drug-likeness (QED) is 0.352. The van der Waals surface area contributed by atoms with Gasteiger partial charge in [-0.15, -0.1) is 21.5 Å². The third-order valence-corrected chi connectivity index (χ3v) is 7.70. The highest BCUT2D eigenvalue weighted by atomic mass is 32.2. The molecule has 0 fully saturated rings. The Morgan fingerprint density at radius 3 is 2.73 bits per heavy atom. The first-order valence-corrected chi connectivity index (χ1v) is 11.7. The Balaban J connectivity index is 1.85. The van der Waals surface area contributed by atoms with Crippen LogP contribution in [0.2, 0.25) is 0 Å². The van der Waals surface area contributed by atoms with Crippen LogP contribution in [-0.2, 0) is 12.8 Å². The molecule has 0 amide bonds. The SMILES string of the molecule is C=C(C)CSc1nnc2n(C(=O)c3ccccc3)c(=O)c3c4c(sc3n12)CCCC4. The summed E-state index contributed by atoms with van der Waals surface area (Å²) in [5.74, 6) is 0.579. The molecule has 3 heterocycles. The van der Waals surface area contributed by atoms with E-state index in [1.54, 1.807) is 35.6 Å². The first-order valence-electron chi connectivity index (χ1n) is 9.87. The van der Waals surface area contributed by atoms with Crippen LogP contribution in [0, 0.1) is 0 Å². The van der Waals surface area contributed by atoms with Crippen LogP contribution in [0.5, 0.6) is 0 Å². The van der Waals surface area contributed by atoms with Crippen LogP contribution < -0.4 is 5.56 Å². The van der Waals surface area contributed by atoms with Crippen molar-refractivity contribution >= 4 is 45.0 Å². The van der Waals surface area contributed by atoms with Gasteiger partial charge in [-0.3, -0.25) is 9.59 Å². The topological polar surface area (TPSA) is 69.3 Å². The maximum atomic E-state index is 13.6. The van der Waals surface area contributed by atoms with E-state index in [0.717, 1.165) is 41.7 Å². The molecule has 0 bridgehead atoms. The van der Waals surface area contributed by atoms with Crippen LogP contribution in [0.3, 0.4) is 0 Å². The number of thiophene rings is 1. The van der Waals surface area contributed by atoms with Crippen molar-refractivity contribution in [2.45, 2.75) is 37.8 Å². The molecule has 8 heteroatoms. The van der Waals surface area contributed by atoms with E-state index in [9.17, 15) is 9.59 Å². The first-order chi connectivity index (χ1) is 14.6. The van der Waals surface area contributed by atoms with Crippen LogP contribution in [0.25, 0.3) is 16.0 Å². The predicted molar refractivity (Wildman–Crippen MR) is 121 cm³/mol. The number of hydrogen-bond acceptors (Lipinski definition) is 6. The van der Waals surface area contributed by atoms with Gasteiger partial charge in [-0.25, -0.2) is 8.97 Å². The number of rotatable bonds is 4. The van der Waals surface area contributed by atoms with Crippen LogP contribution in [0.1, 0.15) is 40.6 Å². The van der Waals surface area contributed by atoms with Crippen LogP contribution in [0.15, 0.2) is 52.4 Å². The molecule has 30 heavy (non-hydrogen) atoms. The van der Waals surface area contributed by atoms with Gasteiger partial charge in [0.05, 0.1) is 5.39 Å². The molecule has 152 valence electrons. The van der Waals surface area contributed by atoms with Gasteiger partial charge in [-0.05, 0) is 50.3 Å². The van der Waals surface area contributed by atoms with Crippen LogP contribution >= 0.6 is 23.1 Å². The summed E-state index contributed by atoms with van der Waals surface area (Å²) in [6, 6.07) is 8.85. The highest BCUT2D eigenvalue weighted by molar-refractivity contribution is 7.99. The minimum atomic E-state index is -0.382. The lowest BCUT2D eigenvalue weighted by molar-refractivity contribution is 0.0960. The highest BCUT2D eigenvalue weighted by Gasteiger charge is 2.27. The fraction of sp³-hybridized carbons (Fsp3) is 0.273. The molecule has 1 aromatic carbocycles. The summed E-state index contributed by atoms with van der Waals surface area (Å²) < 4.78 is 3.07. The molecule has 1 aliphatic carbocycles. The van der Waals surface area contributed by atoms with Gasteiger partial charge in [0, 0.05) is 16.2 Å². The van der Waals surface area contributed by atoms with Crippen molar-refractivity contribution in [1.82, 2.24) is 19.2 Å².